The van der Waals surface area contributed by atoms with Crippen LogP contribution in [0.3, 0.4) is 0 Å². The molecule has 0 spiro atoms. The third-order valence-electron chi connectivity index (χ3n) is 3.03. The summed E-state index contributed by atoms with van der Waals surface area (Å²) >= 11 is 6.08. The molecule has 0 aliphatic rings. The van der Waals surface area contributed by atoms with Crippen LogP contribution in [0.4, 0.5) is 13.2 Å². The van der Waals surface area contributed by atoms with Crippen molar-refractivity contribution in [3.8, 4) is 0 Å². The van der Waals surface area contributed by atoms with E-state index in [-0.39, 0.29) is 11.8 Å². The Labute approximate surface area is 119 Å². The molecule has 110 valence electrons. The second-order valence-electron chi connectivity index (χ2n) is 4.67. The Hall–Kier alpha value is -1.30. The number of halogens is 4. The quantitative estimate of drug-likeness (QED) is 0.603. The number of alkyl halides is 4. The summed E-state index contributed by atoms with van der Waals surface area (Å²) in [7, 11) is 0. The van der Waals surface area contributed by atoms with E-state index in [1.165, 1.54) is 0 Å². The highest BCUT2D eigenvalue weighted by Gasteiger charge is 2.26. The lowest BCUT2D eigenvalue weighted by molar-refractivity contribution is -0.135. The predicted octanol–water partition coefficient (Wildman–Crippen LogP) is 4.46. The average molecular weight is 306 g/mol. The molecule has 1 atom stereocenters. The first-order valence-electron chi connectivity index (χ1n) is 6.39. The van der Waals surface area contributed by atoms with Gasteiger partial charge in [0.25, 0.3) is 0 Å². The van der Waals surface area contributed by atoms with Gasteiger partial charge in [0.1, 0.15) is 11.3 Å². The van der Waals surface area contributed by atoms with E-state index in [9.17, 15) is 13.2 Å². The Morgan fingerprint density at radius 2 is 2.10 bits per heavy atom. The smallest absolute Gasteiger partial charge is 0.327 e. The second-order valence-corrected chi connectivity index (χ2v) is 5.33. The number of fused-ring (bicyclic) bond motifs is 1. The minimum absolute atomic E-state index is 0.102. The van der Waals surface area contributed by atoms with Gasteiger partial charge in [0.15, 0.2) is 0 Å². The first-order valence-corrected chi connectivity index (χ1v) is 6.83. The largest absolute Gasteiger partial charge is 0.389 e. The molecule has 0 fully saturated rings. The van der Waals surface area contributed by atoms with Gasteiger partial charge in [-0.05, 0) is 25.8 Å². The fourth-order valence-corrected chi connectivity index (χ4v) is 2.30. The van der Waals surface area contributed by atoms with Gasteiger partial charge in [-0.1, -0.05) is 0 Å². The SMILES string of the molecule is CC(Cl)c1nc2cnccc2n1CCCCC(F)(F)F. The Kier molecular flexibility index (Phi) is 4.52. The van der Waals surface area contributed by atoms with Crippen molar-refractivity contribution in [1.29, 1.82) is 0 Å². The molecule has 0 saturated carbocycles. The number of hydrogen-bond donors (Lipinski definition) is 0. The zero-order chi connectivity index (χ0) is 14.8. The van der Waals surface area contributed by atoms with Gasteiger partial charge in [-0.3, -0.25) is 4.98 Å². The van der Waals surface area contributed by atoms with E-state index in [0.717, 1.165) is 5.52 Å². The van der Waals surface area contributed by atoms with Crippen molar-refractivity contribution >= 4 is 22.6 Å². The summed E-state index contributed by atoms with van der Waals surface area (Å²) in [6.07, 6.45) is -1.05. The Balaban J connectivity index is 2.13. The molecule has 2 heterocycles. The lowest BCUT2D eigenvalue weighted by Crippen LogP contribution is -2.09. The van der Waals surface area contributed by atoms with Gasteiger partial charge < -0.3 is 4.57 Å². The van der Waals surface area contributed by atoms with Gasteiger partial charge in [0, 0.05) is 19.2 Å². The molecular formula is C13H15ClF3N3. The molecule has 0 bridgehead atoms. The van der Waals surface area contributed by atoms with Crippen LogP contribution in [0.25, 0.3) is 11.0 Å². The van der Waals surface area contributed by atoms with Crippen molar-refractivity contribution in [2.75, 3.05) is 0 Å². The summed E-state index contributed by atoms with van der Waals surface area (Å²) < 4.78 is 38.3. The molecule has 20 heavy (non-hydrogen) atoms. The Morgan fingerprint density at radius 3 is 2.75 bits per heavy atom. The third-order valence-corrected chi connectivity index (χ3v) is 3.22. The Bertz CT molecular complexity index is 578. The van der Waals surface area contributed by atoms with E-state index in [0.29, 0.717) is 24.3 Å². The van der Waals surface area contributed by atoms with Crippen molar-refractivity contribution in [2.24, 2.45) is 0 Å². The lowest BCUT2D eigenvalue weighted by Gasteiger charge is -2.11. The Morgan fingerprint density at radius 1 is 1.35 bits per heavy atom. The van der Waals surface area contributed by atoms with Crippen LogP contribution < -0.4 is 0 Å². The highest BCUT2D eigenvalue weighted by molar-refractivity contribution is 6.20. The maximum atomic E-state index is 12.1. The van der Waals surface area contributed by atoms with Gasteiger partial charge in [0.2, 0.25) is 0 Å². The van der Waals surface area contributed by atoms with Crippen molar-refractivity contribution in [3.63, 3.8) is 0 Å². The number of rotatable bonds is 5. The molecule has 2 aromatic heterocycles. The summed E-state index contributed by atoms with van der Waals surface area (Å²) in [6, 6.07) is 1.80. The van der Waals surface area contributed by atoms with Gasteiger partial charge >= 0.3 is 6.18 Å². The molecule has 0 saturated heterocycles. The standard InChI is InChI=1S/C13H15ClF3N3/c1-9(14)12-19-10-8-18-6-4-11(10)20(12)7-3-2-5-13(15,16)17/h4,6,8-9H,2-3,5,7H2,1H3. The summed E-state index contributed by atoms with van der Waals surface area (Å²) in [5.74, 6) is 0.668. The third kappa shape index (κ3) is 3.62. The van der Waals surface area contributed by atoms with Crippen LogP contribution in [0.1, 0.15) is 37.4 Å². The molecule has 7 heteroatoms. The summed E-state index contributed by atoms with van der Waals surface area (Å²) in [4.78, 5) is 8.37. The maximum absolute atomic E-state index is 12.1. The van der Waals surface area contributed by atoms with Crippen LogP contribution in [-0.2, 0) is 6.54 Å². The average Bonchev–Trinajstić information content (AvgIpc) is 2.72. The maximum Gasteiger partial charge on any atom is 0.389 e. The van der Waals surface area contributed by atoms with Gasteiger partial charge in [-0.15, -0.1) is 11.6 Å². The van der Waals surface area contributed by atoms with Gasteiger partial charge in [-0.2, -0.15) is 13.2 Å². The molecule has 0 amide bonds. The minimum Gasteiger partial charge on any atom is -0.327 e. The predicted molar refractivity (Wildman–Crippen MR) is 71.7 cm³/mol. The number of nitrogens with zero attached hydrogens (tertiary/aromatic N) is 3. The lowest BCUT2D eigenvalue weighted by atomic mass is 10.2. The van der Waals surface area contributed by atoms with E-state index < -0.39 is 12.6 Å². The topological polar surface area (TPSA) is 30.7 Å². The van der Waals surface area contributed by atoms with E-state index in [4.69, 9.17) is 11.6 Å². The highest BCUT2D eigenvalue weighted by atomic mass is 35.5. The zero-order valence-corrected chi connectivity index (χ0v) is 11.7. The van der Waals surface area contributed by atoms with E-state index in [1.54, 1.807) is 25.4 Å². The summed E-state index contributed by atoms with van der Waals surface area (Å²) in [5.41, 5.74) is 1.57. The molecule has 0 N–H and O–H groups in total. The van der Waals surface area contributed by atoms with Crippen LogP contribution in [0.15, 0.2) is 18.5 Å². The second kappa shape index (κ2) is 5.99. The molecule has 0 aliphatic carbocycles. The molecule has 2 aromatic rings. The number of hydrogen-bond acceptors (Lipinski definition) is 2. The van der Waals surface area contributed by atoms with Crippen LogP contribution in [-0.4, -0.2) is 20.7 Å². The van der Waals surface area contributed by atoms with E-state index in [2.05, 4.69) is 9.97 Å². The first-order chi connectivity index (χ1) is 9.38. The van der Waals surface area contributed by atoms with Crippen molar-refractivity contribution < 1.29 is 13.2 Å². The monoisotopic (exact) mass is 305 g/mol. The van der Waals surface area contributed by atoms with E-state index >= 15 is 0 Å². The fraction of sp³-hybridized carbons (Fsp3) is 0.538. The summed E-state index contributed by atoms with van der Waals surface area (Å²) in [6.45, 7) is 2.27. The van der Waals surface area contributed by atoms with E-state index in [1.807, 2.05) is 4.57 Å². The molecule has 3 nitrogen and oxygen atoms in total. The number of pyridine rings is 1. The van der Waals surface area contributed by atoms with Crippen LogP contribution in [0.2, 0.25) is 0 Å². The van der Waals surface area contributed by atoms with Crippen molar-refractivity contribution in [3.05, 3.63) is 24.3 Å². The minimum atomic E-state index is -4.09. The number of unbranched alkanes of at least 4 members (excludes halogenated alkanes) is 1. The normalized spacial score (nSPS) is 13.8. The number of imidazole rings is 1. The molecular weight excluding hydrogens is 291 g/mol. The number of aryl methyl sites for hydroxylation is 1. The molecule has 0 aliphatic heterocycles. The first kappa shape index (κ1) is 15.1. The molecule has 0 radical (unpaired) electrons. The number of aromatic nitrogens is 3. The fourth-order valence-electron chi connectivity index (χ4n) is 2.13. The van der Waals surface area contributed by atoms with Gasteiger partial charge in [-0.25, -0.2) is 4.98 Å². The summed E-state index contributed by atoms with van der Waals surface area (Å²) in [5, 5.41) is -0.301. The highest BCUT2D eigenvalue weighted by Crippen LogP contribution is 2.26. The zero-order valence-electron chi connectivity index (χ0n) is 11.0. The van der Waals surface area contributed by atoms with Crippen LogP contribution in [0.5, 0.6) is 0 Å². The van der Waals surface area contributed by atoms with Crippen LogP contribution in [0, 0.1) is 0 Å². The molecule has 1 unspecified atom stereocenters. The van der Waals surface area contributed by atoms with Crippen LogP contribution >= 0.6 is 11.6 Å². The van der Waals surface area contributed by atoms with Gasteiger partial charge in [0.05, 0.1) is 17.1 Å². The van der Waals surface area contributed by atoms with Crippen molar-refractivity contribution in [2.45, 2.75) is 44.3 Å². The molecule has 2 rings (SSSR count). The molecule has 0 aromatic carbocycles. The van der Waals surface area contributed by atoms with Crippen molar-refractivity contribution in [1.82, 2.24) is 14.5 Å².